The number of nitrogens with zero attached hydrogens (tertiary/aromatic N) is 1. The highest BCUT2D eigenvalue weighted by atomic mass is 16.2. The molecular formula is C17H28N2O2. The molecule has 1 heterocycles. The van der Waals surface area contributed by atoms with Gasteiger partial charge in [0.1, 0.15) is 11.6 Å². The summed E-state index contributed by atoms with van der Waals surface area (Å²) in [5.74, 6) is 1.48. The van der Waals surface area contributed by atoms with Gasteiger partial charge in [0.15, 0.2) is 0 Å². The van der Waals surface area contributed by atoms with E-state index in [9.17, 15) is 9.59 Å². The van der Waals surface area contributed by atoms with Crippen LogP contribution in [0.1, 0.15) is 65.2 Å². The molecule has 0 aromatic rings. The average molecular weight is 292 g/mol. The van der Waals surface area contributed by atoms with Crippen LogP contribution in [0, 0.1) is 11.8 Å². The van der Waals surface area contributed by atoms with E-state index >= 15 is 0 Å². The first-order valence-corrected chi connectivity index (χ1v) is 8.66. The molecule has 21 heavy (non-hydrogen) atoms. The van der Waals surface area contributed by atoms with E-state index in [4.69, 9.17) is 0 Å². The highest BCUT2D eigenvalue weighted by molar-refractivity contribution is 5.99. The molecule has 1 spiro atoms. The Bertz CT molecular complexity index is 429. The van der Waals surface area contributed by atoms with E-state index in [1.54, 1.807) is 0 Å². The van der Waals surface area contributed by atoms with Gasteiger partial charge < -0.3 is 10.2 Å². The van der Waals surface area contributed by atoms with Crippen LogP contribution in [0.15, 0.2) is 0 Å². The third-order valence-corrected chi connectivity index (χ3v) is 6.06. The summed E-state index contributed by atoms with van der Waals surface area (Å²) in [5.41, 5.74) is -0.580. The number of rotatable bonds is 2. The fraction of sp³-hybridized carbons (Fsp3) is 0.882. The molecule has 0 radical (unpaired) electrons. The van der Waals surface area contributed by atoms with E-state index in [0.717, 1.165) is 32.2 Å². The number of hydrogen-bond acceptors (Lipinski definition) is 2. The minimum atomic E-state index is -0.580. The Hall–Kier alpha value is -1.06. The van der Waals surface area contributed by atoms with Crippen LogP contribution in [-0.2, 0) is 9.59 Å². The normalized spacial score (nSPS) is 36.1. The van der Waals surface area contributed by atoms with E-state index < -0.39 is 5.54 Å². The molecule has 0 aromatic heterocycles. The first kappa shape index (κ1) is 14.9. The number of hydrogen-bond donors (Lipinski definition) is 1. The molecule has 2 aliphatic carbocycles. The summed E-state index contributed by atoms with van der Waals surface area (Å²) in [5, 5.41) is 3.07. The van der Waals surface area contributed by atoms with Crippen molar-refractivity contribution in [1.29, 1.82) is 0 Å². The molecule has 0 bridgehead atoms. The Morgan fingerprint density at radius 1 is 1.10 bits per heavy atom. The van der Waals surface area contributed by atoms with Gasteiger partial charge in [-0.05, 0) is 38.0 Å². The molecule has 3 aliphatic rings. The number of piperazine rings is 1. The summed E-state index contributed by atoms with van der Waals surface area (Å²) in [6.07, 6.45) is 8.65. The lowest BCUT2D eigenvalue weighted by Crippen LogP contribution is -2.70. The second-order valence-electron chi connectivity index (χ2n) is 7.43. The maximum atomic E-state index is 13.1. The van der Waals surface area contributed by atoms with Gasteiger partial charge in [-0.3, -0.25) is 9.59 Å². The predicted molar refractivity (Wildman–Crippen MR) is 81.6 cm³/mol. The summed E-state index contributed by atoms with van der Waals surface area (Å²) in [6, 6.07) is -0.308. The highest BCUT2D eigenvalue weighted by Gasteiger charge is 2.50. The zero-order chi connectivity index (χ0) is 15.0. The molecule has 1 saturated heterocycles. The molecule has 2 saturated carbocycles. The van der Waals surface area contributed by atoms with Crippen LogP contribution < -0.4 is 5.32 Å². The van der Waals surface area contributed by atoms with Crippen molar-refractivity contribution in [1.82, 2.24) is 10.2 Å². The van der Waals surface area contributed by atoms with Gasteiger partial charge in [-0.2, -0.15) is 0 Å². The molecule has 118 valence electrons. The van der Waals surface area contributed by atoms with Crippen molar-refractivity contribution < 1.29 is 9.59 Å². The third-order valence-electron chi connectivity index (χ3n) is 6.06. The Balaban J connectivity index is 1.79. The zero-order valence-corrected chi connectivity index (χ0v) is 13.4. The van der Waals surface area contributed by atoms with Crippen LogP contribution in [0.25, 0.3) is 0 Å². The molecule has 3 rings (SSSR count). The predicted octanol–water partition coefficient (Wildman–Crippen LogP) is 2.47. The van der Waals surface area contributed by atoms with Gasteiger partial charge in [-0.1, -0.05) is 39.0 Å². The number of amides is 2. The van der Waals surface area contributed by atoms with Crippen molar-refractivity contribution in [3.05, 3.63) is 0 Å². The maximum absolute atomic E-state index is 13.1. The largest absolute Gasteiger partial charge is 0.340 e. The molecule has 4 nitrogen and oxygen atoms in total. The molecular weight excluding hydrogens is 264 g/mol. The van der Waals surface area contributed by atoms with Gasteiger partial charge in [0, 0.05) is 6.54 Å². The Morgan fingerprint density at radius 3 is 2.43 bits per heavy atom. The maximum Gasteiger partial charge on any atom is 0.249 e. The number of carbonyl (C=O) groups excluding carboxylic acids is 2. The molecule has 0 aromatic carbocycles. The van der Waals surface area contributed by atoms with Crippen molar-refractivity contribution in [2.45, 2.75) is 76.8 Å². The van der Waals surface area contributed by atoms with E-state index in [1.165, 1.54) is 25.7 Å². The standard InChI is InChI=1S/C17H28N2O2/c1-12-7-6-8-14(12)11-19-13(2)15(20)18-17(16(19)21)9-4-3-5-10-17/h12-14H,3-11H2,1-2H3,(H,18,20). The lowest BCUT2D eigenvalue weighted by atomic mass is 9.78. The van der Waals surface area contributed by atoms with Crippen molar-refractivity contribution in [3.8, 4) is 0 Å². The summed E-state index contributed by atoms with van der Waals surface area (Å²) in [7, 11) is 0. The Morgan fingerprint density at radius 2 is 1.81 bits per heavy atom. The SMILES string of the molecule is CC1CCCC1CN1C(=O)C2(CCCCC2)NC(=O)C1C. The second kappa shape index (κ2) is 5.62. The first-order chi connectivity index (χ1) is 10.0. The molecule has 2 amide bonds. The molecule has 3 fully saturated rings. The van der Waals surface area contributed by atoms with Crippen molar-refractivity contribution >= 4 is 11.8 Å². The lowest BCUT2D eigenvalue weighted by Gasteiger charge is -2.47. The van der Waals surface area contributed by atoms with Crippen molar-refractivity contribution in [2.24, 2.45) is 11.8 Å². The summed E-state index contributed by atoms with van der Waals surface area (Å²) < 4.78 is 0. The van der Waals surface area contributed by atoms with Crippen LogP contribution >= 0.6 is 0 Å². The Kier molecular flexibility index (Phi) is 3.98. The average Bonchev–Trinajstić information content (AvgIpc) is 2.88. The number of nitrogens with one attached hydrogen (secondary N) is 1. The van der Waals surface area contributed by atoms with E-state index in [1.807, 2.05) is 11.8 Å². The van der Waals surface area contributed by atoms with E-state index in [-0.39, 0.29) is 17.9 Å². The minimum absolute atomic E-state index is 0.0437. The minimum Gasteiger partial charge on any atom is -0.340 e. The number of carbonyl (C=O) groups is 2. The summed E-state index contributed by atoms with van der Waals surface area (Å²) >= 11 is 0. The van der Waals surface area contributed by atoms with Gasteiger partial charge >= 0.3 is 0 Å². The van der Waals surface area contributed by atoms with E-state index in [2.05, 4.69) is 12.2 Å². The van der Waals surface area contributed by atoms with Crippen molar-refractivity contribution in [3.63, 3.8) is 0 Å². The van der Waals surface area contributed by atoms with Crippen LogP contribution in [0.2, 0.25) is 0 Å². The second-order valence-corrected chi connectivity index (χ2v) is 7.43. The molecule has 4 heteroatoms. The monoisotopic (exact) mass is 292 g/mol. The van der Waals surface area contributed by atoms with Crippen LogP contribution in [0.3, 0.4) is 0 Å². The fourth-order valence-corrected chi connectivity index (χ4v) is 4.47. The third kappa shape index (κ3) is 2.58. The molecule has 1 aliphatic heterocycles. The molecule has 1 N–H and O–H groups in total. The zero-order valence-electron chi connectivity index (χ0n) is 13.4. The van der Waals surface area contributed by atoms with Crippen LogP contribution in [-0.4, -0.2) is 34.8 Å². The van der Waals surface area contributed by atoms with Crippen molar-refractivity contribution in [2.75, 3.05) is 6.54 Å². The van der Waals surface area contributed by atoms with E-state index in [0.29, 0.717) is 11.8 Å². The molecule has 3 atom stereocenters. The van der Waals surface area contributed by atoms with Crippen LogP contribution in [0.5, 0.6) is 0 Å². The summed E-state index contributed by atoms with van der Waals surface area (Å²) in [6.45, 7) is 4.94. The van der Waals surface area contributed by atoms with Gasteiger partial charge in [0.25, 0.3) is 0 Å². The lowest BCUT2D eigenvalue weighted by molar-refractivity contribution is -0.156. The summed E-state index contributed by atoms with van der Waals surface area (Å²) in [4.78, 5) is 27.3. The highest BCUT2D eigenvalue weighted by Crippen LogP contribution is 2.36. The van der Waals surface area contributed by atoms with Gasteiger partial charge in [0.05, 0.1) is 0 Å². The smallest absolute Gasteiger partial charge is 0.249 e. The quantitative estimate of drug-likeness (QED) is 0.850. The molecule has 3 unspecified atom stereocenters. The van der Waals surface area contributed by atoms with Crippen LogP contribution in [0.4, 0.5) is 0 Å². The Labute approximate surface area is 127 Å². The topological polar surface area (TPSA) is 49.4 Å². The van der Waals surface area contributed by atoms with Gasteiger partial charge in [-0.15, -0.1) is 0 Å². The van der Waals surface area contributed by atoms with Gasteiger partial charge in [0.2, 0.25) is 11.8 Å². The van der Waals surface area contributed by atoms with Gasteiger partial charge in [-0.25, -0.2) is 0 Å². The fourth-order valence-electron chi connectivity index (χ4n) is 4.47. The first-order valence-electron chi connectivity index (χ1n) is 8.66.